The lowest BCUT2D eigenvalue weighted by Crippen LogP contribution is -2.41. The van der Waals surface area contributed by atoms with Crippen molar-refractivity contribution in [2.45, 2.75) is 4.90 Å². The molecule has 3 aromatic rings. The van der Waals surface area contributed by atoms with Crippen molar-refractivity contribution in [1.29, 1.82) is 0 Å². The Hall–Kier alpha value is -3.36. The minimum atomic E-state index is -3.99. The quantitative estimate of drug-likeness (QED) is 0.398. The number of phenolic OH excluding ortho intramolecular Hbond substituents is 1. The highest BCUT2D eigenvalue weighted by Crippen LogP contribution is 2.22. The third-order valence-electron chi connectivity index (χ3n) is 3.83. The predicted octanol–water partition coefficient (Wildman–Crippen LogP) is 2.26. The first-order chi connectivity index (χ1) is 12.9. The van der Waals surface area contributed by atoms with E-state index in [1.807, 2.05) is 35.2 Å². The maximum atomic E-state index is 12.5. The van der Waals surface area contributed by atoms with Crippen molar-refractivity contribution in [2.24, 2.45) is 0 Å². The van der Waals surface area contributed by atoms with E-state index in [4.69, 9.17) is 5.73 Å². The monoisotopic (exact) mass is 383 g/mol. The van der Waals surface area contributed by atoms with Gasteiger partial charge in [-0.2, -0.15) is 0 Å². The second-order valence-electron chi connectivity index (χ2n) is 5.73. The van der Waals surface area contributed by atoms with E-state index in [0.717, 1.165) is 11.1 Å². The van der Waals surface area contributed by atoms with Gasteiger partial charge in [-0.1, -0.05) is 42.5 Å². The topological polar surface area (TPSA) is 122 Å². The van der Waals surface area contributed by atoms with Crippen molar-refractivity contribution in [3.63, 3.8) is 0 Å². The van der Waals surface area contributed by atoms with E-state index in [2.05, 4.69) is 5.43 Å². The summed E-state index contributed by atoms with van der Waals surface area (Å²) < 4.78 is 25.0. The molecule has 0 spiro atoms. The number of nitrogen functional groups attached to an aromatic ring is 1. The molecule has 0 aliphatic heterocycles. The lowest BCUT2D eigenvalue weighted by atomic mass is 10.1. The van der Waals surface area contributed by atoms with Gasteiger partial charge >= 0.3 is 0 Å². The summed E-state index contributed by atoms with van der Waals surface area (Å²) in [5.74, 6) is -0.836. The van der Waals surface area contributed by atoms with Gasteiger partial charge in [-0.05, 0) is 35.4 Å². The highest BCUT2D eigenvalue weighted by Gasteiger charge is 2.17. The highest BCUT2D eigenvalue weighted by atomic mass is 32.2. The van der Waals surface area contributed by atoms with E-state index in [1.54, 1.807) is 12.1 Å². The zero-order valence-corrected chi connectivity index (χ0v) is 14.9. The fraction of sp³-hybridized carbons (Fsp3) is 0. The molecule has 0 fully saturated rings. The lowest BCUT2D eigenvalue weighted by Gasteiger charge is -2.11. The minimum absolute atomic E-state index is 0.00262. The van der Waals surface area contributed by atoms with Crippen LogP contribution in [0.1, 0.15) is 10.4 Å². The smallest absolute Gasteiger partial charge is 0.268 e. The molecular weight excluding hydrogens is 366 g/mol. The number of nitrogens with one attached hydrogen (secondary N) is 2. The largest absolute Gasteiger partial charge is 0.508 e. The van der Waals surface area contributed by atoms with Crippen LogP contribution < -0.4 is 16.0 Å². The zero-order valence-electron chi connectivity index (χ0n) is 14.1. The van der Waals surface area contributed by atoms with Gasteiger partial charge in [0.05, 0.1) is 10.5 Å². The molecule has 0 aliphatic carbocycles. The van der Waals surface area contributed by atoms with Crippen LogP contribution in [0.25, 0.3) is 11.1 Å². The van der Waals surface area contributed by atoms with Crippen LogP contribution >= 0.6 is 0 Å². The number of carbonyl (C=O) groups excluding carboxylic acids is 1. The van der Waals surface area contributed by atoms with Gasteiger partial charge in [0, 0.05) is 11.8 Å². The van der Waals surface area contributed by atoms with Crippen molar-refractivity contribution in [2.75, 3.05) is 5.73 Å². The molecule has 0 unspecified atom stereocenters. The summed E-state index contributed by atoms with van der Waals surface area (Å²) in [5.41, 5.74) is 9.44. The SMILES string of the molecule is Nc1cc(O)ccc1C(=O)NNS(=O)(=O)c1cccc(-c2ccccc2)c1. The molecule has 138 valence electrons. The van der Waals surface area contributed by atoms with E-state index >= 15 is 0 Å². The molecule has 1 amide bonds. The summed E-state index contributed by atoms with van der Waals surface area (Å²) in [7, 11) is -3.99. The number of nitrogens with two attached hydrogens (primary N) is 1. The van der Waals surface area contributed by atoms with Gasteiger partial charge in [-0.25, -0.2) is 8.42 Å². The second-order valence-corrected chi connectivity index (χ2v) is 7.41. The number of sulfonamides is 1. The Morgan fingerprint density at radius 1 is 0.889 bits per heavy atom. The van der Waals surface area contributed by atoms with Crippen LogP contribution in [0.4, 0.5) is 5.69 Å². The first kappa shape index (κ1) is 18.4. The number of carbonyl (C=O) groups is 1. The molecule has 0 aromatic heterocycles. The molecule has 5 N–H and O–H groups in total. The van der Waals surface area contributed by atoms with Gasteiger partial charge in [-0.3, -0.25) is 10.2 Å². The average Bonchev–Trinajstić information content (AvgIpc) is 2.67. The van der Waals surface area contributed by atoms with Gasteiger partial charge in [0.1, 0.15) is 5.75 Å². The number of benzene rings is 3. The third-order valence-corrected chi connectivity index (χ3v) is 5.08. The highest BCUT2D eigenvalue weighted by molar-refractivity contribution is 7.89. The first-order valence-electron chi connectivity index (χ1n) is 7.93. The Morgan fingerprint density at radius 3 is 2.30 bits per heavy atom. The summed E-state index contributed by atoms with van der Waals surface area (Å²) >= 11 is 0. The predicted molar refractivity (Wildman–Crippen MR) is 102 cm³/mol. The summed E-state index contributed by atoms with van der Waals surface area (Å²) in [5, 5.41) is 9.32. The molecule has 0 aliphatic rings. The number of aromatic hydroxyl groups is 1. The van der Waals surface area contributed by atoms with Crippen LogP contribution in [0.3, 0.4) is 0 Å². The third kappa shape index (κ3) is 4.25. The molecule has 0 atom stereocenters. The molecule has 3 aromatic carbocycles. The maximum Gasteiger partial charge on any atom is 0.268 e. The summed E-state index contributed by atoms with van der Waals surface area (Å²) in [6.07, 6.45) is 0. The Morgan fingerprint density at radius 2 is 1.59 bits per heavy atom. The van der Waals surface area contributed by atoms with E-state index in [-0.39, 0.29) is 21.9 Å². The van der Waals surface area contributed by atoms with Crippen molar-refractivity contribution < 1.29 is 18.3 Å². The van der Waals surface area contributed by atoms with Crippen LogP contribution in [0.2, 0.25) is 0 Å². The van der Waals surface area contributed by atoms with Crippen LogP contribution in [0, 0.1) is 0 Å². The van der Waals surface area contributed by atoms with E-state index < -0.39 is 15.9 Å². The Balaban J connectivity index is 1.78. The summed E-state index contributed by atoms with van der Waals surface area (Å²) in [4.78, 5) is 14.2. The number of hydrogen-bond donors (Lipinski definition) is 4. The number of rotatable bonds is 5. The molecule has 0 heterocycles. The zero-order chi connectivity index (χ0) is 19.4. The van der Waals surface area contributed by atoms with E-state index in [9.17, 15) is 18.3 Å². The molecule has 8 heteroatoms. The van der Waals surface area contributed by atoms with Gasteiger partial charge in [0.2, 0.25) is 0 Å². The molecule has 0 saturated heterocycles. The second kappa shape index (κ2) is 7.48. The molecule has 7 nitrogen and oxygen atoms in total. The molecule has 3 rings (SSSR count). The van der Waals surface area contributed by atoms with Gasteiger partial charge in [0.15, 0.2) is 0 Å². The lowest BCUT2D eigenvalue weighted by molar-refractivity contribution is 0.0946. The molecule has 27 heavy (non-hydrogen) atoms. The molecule has 0 saturated carbocycles. The van der Waals surface area contributed by atoms with E-state index in [1.165, 1.54) is 30.3 Å². The Labute approximate surface area is 156 Å². The molecular formula is C19H17N3O4S. The number of amides is 1. The Kier molecular flexibility index (Phi) is 5.11. The minimum Gasteiger partial charge on any atom is -0.508 e. The number of hydrogen-bond acceptors (Lipinski definition) is 5. The van der Waals surface area contributed by atoms with Crippen molar-refractivity contribution in [1.82, 2.24) is 10.3 Å². The van der Waals surface area contributed by atoms with Crippen LogP contribution in [-0.4, -0.2) is 19.4 Å². The maximum absolute atomic E-state index is 12.5. The van der Waals surface area contributed by atoms with Crippen LogP contribution in [0.5, 0.6) is 5.75 Å². The van der Waals surface area contributed by atoms with Gasteiger partial charge < -0.3 is 10.8 Å². The fourth-order valence-corrected chi connectivity index (χ4v) is 3.35. The fourth-order valence-electron chi connectivity index (χ4n) is 2.47. The van der Waals surface area contributed by atoms with Crippen molar-refractivity contribution >= 4 is 21.6 Å². The Bertz CT molecular complexity index is 1080. The van der Waals surface area contributed by atoms with Crippen molar-refractivity contribution in [3.05, 3.63) is 78.4 Å². The summed E-state index contributed by atoms with van der Waals surface area (Å²) in [6, 6.07) is 19.5. The molecule has 0 radical (unpaired) electrons. The number of phenols is 1. The number of anilines is 1. The normalized spacial score (nSPS) is 11.1. The molecule has 0 bridgehead atoms. The van der Waals surface area contributed by atoms with Gasteiger partial charge in [-0.15, -0.1) is 4.83 Å². The standard InChI is InChI=1S/C19H17N3O4S/c20-18-12-15(23)9-10-17(18)19(24)21-22-27(25,26)16-8-4-7-14(11-16)13-5-2-1-3-6-13/h1-12,22-23H,20H2,(H,21,24). The summed E-state index contributed by atoms with van der Waals surface area (Å²) in [6.45, 7) is 0. The average molecular weight is 383 g/mol. The van der Waals surface area contributed by atoms with Crippen molar-refractivity contribution in [3.8, 4) is 16.9 Å². The number of hydrazine groups is 1. The first-order valence-corrected chi connectivity index (χ1v) is 9.41. The van der Waals surface area contributed by atoms with Crippen LogP contribution in [0.15, 0.2) is 77.7 Å². The van der Waals surface area contributed by atoms with Gasteiger partial charge in [0.25, 0.3) is 15.9 Å². The van der Waals surface area contributed by atoms with Crippen LogP contribution in [-0.2, 0) is 10.0 Å². The van der Waals surface area contributed by atoms with E-state index in [0.29, 0.717) is 0 Å².